The Morgan fingerprint density at radius 3 is 2.50 bits per heavy atom. The molecule has 1 N–H and O–H groups in total. The van der Waals surface area contributed by atoms with Gasteiger partial charge in [-0.25, -0.2) is 0 Å². The zero-order chi connectivity index (χ0) is 15.8. The molecular formula is C18H28N2O2. The van der Waals surface area contributed by atoms with E-state index in [4.69, 9.17) is 4.74 Å². The van der Waals surface area contributed by atoms with E-state index in [0.29, 0.717) is 18.5 Å². The van der Waals surface area contributed by atoms with Gasteiger partial charge in [0.1, 0.15) is 5.75 Å². The van der Waals surface area contributed by atoms with E-state index in [9.17, 15) is 4.79 Å². The second kappa shape index (κ2) is 8.79. The van der Waals surface area contributed by atoms with Crippen LogP contribution in [0.3, 0.4) is 0 Å². The standard InChI is InChI=1S/C18H28N2O2/c1-15(2)17(20-11-7-4-8-12-20)13-19-18(21)14-22-16-9-5-3-6-10-16/h3,5-6,9-10,15,17H,4,7-8,11-14H2,1-2H3,(H,19,21). The number of amides is 1. The first-order chi connectivity index (χ1) is 10.7. The van der Waals surface area contributed by atoms with Crippen molar-refractivity contribution in [3.63, 3.8) is 0 Å². The van der Waals surface area contributed by atoms with Crippen LogP contribution in [0, 0.1) is 5.92 Å². The fourth-order valence-electron chi connectivity index (χ4n) is 2.97. The largest absolute Gasteiger partial charge is 0.484 e. The number of para-hydroxylation sites is 1. The molecule has 4 heteroatoms. The van der Waals surface area contributed by atoms with Gasteiger partial charge in [-0.05, 0) is 44.0 Å². The molecule has 1 atom stereocenters. The number of hydrogen-bond donors (Lipinski definition) is 1. The molecule has 4 nitrogen and oxygen atoms in total. The Bertz CT molecular complexity index is 442. The van der Waals surface area contributed by atoms with E-state index in [1.54, 1.807) is 0 Å². The van der Waals surface area contributed by atoms with E-state index in [1.165, 1.54) is 19.3 Å². The first-order valence-corrected chi connectivity index (χ1v) is 8.35. The van der Waals surface area contributed by atoms with Crippen LogP contribution >= 0.6 is 0 Å². The molecule has 0 saturated carbocycles. The highest BCUT2D eigenvalue weighted by atomic mass is 16.5. The summed E-state index contributed by atoms with van der Waals surface area (Å²) in [7, 11) is 0. The van der Waals surface area contributed by atoms with Crippen molar-refractivity contribution in [2.24, 2.45) is 5.92 Å². The zero-order valence-corrected chi connectivity index (χ0v) is 13.8. The molecule has 1 heterocycles. The van der Waals surface area contributed by atoms with E-state index >= 15 is 0 Å². The summed E-state index contributed by atoms with van der Waals surface area (Å²) in [6.07, 6.45) is 3.88. The average Bonchev–Trinajstić information content (AvgIpc) is 2.55. The smallest absolute Gasteiger partial charge is 0.257 e. The van der Waals surface area contributed by atoms with Crippen LogP contribution in [0.2, 0.25) is 0 Å². The molecular weight excluding hydrogens is 276 g/mol. The summed E-state index contributed by atoms with van der Waals surface area (Å²) in [6.45, 7) is 7.54. The normalized spacial score (nSPS) is 17.2. The van der Waals surface area contributed by atoms with Crippen molar-refractivity contribution in [1.29, 1.82) is 0 Å². The lowest BCUT2D eigenvalue weighted by Crippen LogP contribution is -2.49. The Labute approximate surface area is 133 Å². The van der Waals surface area contributed by atoms with Crippen LogP contribution < -0.4 is 10.1 Å². The number of piperidine rings is 1. The lowest BCUT2D eigenvalue weighted by molar-refractivity contribution is -0.123. The van der Waals surface area contributed by atoms with Gasteiger partial charge >= 0.3 is 0 Å². The number of carbonyl (C=O) groups excluding carboxylic acids is 1. The Kier molecular flexibility index (Phi) is 6.72. The Balaban J connectivity index is 1.75. The van der Waals surface area contributed by atoms with Crippen molar-refractivity contribution in [1.82, 2.24) is 10.2 Å². The molecule has 22 heavy (non-hydrogen) atoms. The molecule has 0 aliphatic carbocycles. The average molecular weight is 304 g/mol. The lowest BCUT2D eigenvalue weighted by atomic mass is 9.99. The third-order valence-corrected chi connectivity index (χ3v) is 4.25. The van der Waals surface area contributed by atoms with Crippen LogP contribution in [0.15, 0.2) is 30.3 Å². The highest BCUT2D eigenvalue weighted by Crippen LogP contribution is 2.17. The quantitative estimate of drug-likeness (QED) is 0.842. The first-order valence-electron chi connectivity index (χ1n) is 8.35. The summed E-state index contributed by atoms with van der Waals surface area (Å²) < 4.78 is 5.48. The van der Waals surface area contributed by atoms with Crippen LogP contribution in [0.5, 0.6) is 5.75 Å². The fraction of sp³-hybridized carbons (Fsp3) is 0.611. The van der Waals surface area contributed by atoms with Crippen molar-refractivity contribution in [3.8, 4) is 5.75 Å². The van der Waals surface area contributed by atoms with Crippen LogP contribution in [0.4, 0.5) is 0 Å². The maximum atomic E-state index is 12.0. The number of likely N-dealkylation sites (tertiary alicyclic amines) is 1. The molecule has 1 fully saturated rings. The maximum Gasteiger partial charge on any atom is 0.257 e. The van der Waals surface area contributed by atoms with Gasteiger partial charge in [0.25, 0.3) is 5.91 Å². The molecule has 1 amide bonds. The summed E-state index contributed by atoms with van der Waals surface area (Å²) in [5.41, 5.74) is 0. The van der Waals surface area contributed by atoms with Gasteiger partial charge in [0, 0.05) is 12.6 Å². The molecule has 0 aromatic heterocycles. The minimum atomic E-state index is -0.0495. The van der Waals surface area contributed by atoms with Gasteiger partial charge in [-0.3, -0.25) is 9.69 Å². The molecule has 1 aromatic carbocycles. The lowest BCUT2D eigenvalue weighted by Gasteiger charge is -2.37. The predicted molar refractivity (Wildman–Crippen MR) is 89.0 cm³/mol. The second-order valence-electron chi connectivity index (χ2n) is 6.31. The number of benzene rings is 1. The number of ether oxygens (including phenoxy) is 1. The summed E-state index contributed by atoms with van der Waals surface area (Å²) in [5, 5.41) is 3.03. The van der Waals surface area contributed by atoms with E-state index in [0.717, 1.165) is 18.8 Å². The highest BCUT2D eigenvalue weighted by molar-refractivity contribution is 5.77. The number of nitrogens with one attached hydrogen (secondary N) is 1. The van der Waals surface area contributed by atoms with Crippen LogP contribution in [-0.4, -0.2) is 43.1 Å². The van der Waals surface area contributed by atoms with Crippen LogP contribution in [0.25, 0.3) is 0 Å². The molecule has 122 valence electrons. The molecule has 0 bridgehead atoms. The van der Waals surface area contributed by atoms with Gasteiger partial charge in [-0.1, -0.05) is 38.5 Å². The molecule has 1 unspecified atom stereocenters. The SMILES string of the molecule is CC(C)C(CNC(=O)COc1ccccc1)N1CCCCC1. The molecule has 2 rings (SSSR count). The van der Waals surface area contributed by atoms with E-state index < -0.39 is 0 Å². The van der Waals surface area contributed by atoms with Crippen molar-refractivity contribution >= 4 is 5.91 Å². The van der Waals surface area contributed by atoms with E-state index in [2.05, 4.69) is 24.1 Å². The second-order valence-corrected chi connectivity index (χ2v) is 6.31. The zero-order valence-electron chi connectivity index (χ0n) is 13.8. The van der Waals surface area contributed by atoms with E-state index in [-0.39, 0.29) is 12.5 Å². The van der Waals surface area contributed by atoms with Crippen LogP contribution in [-0.2, 0) is 4.79 Å². The van der Waals surface area contributed by atoms with Gasteiger partial charge < -0.3 is 10.1 Å². The summed E-state index contributed by atoms with van der Waals surface area (Å²) in [4.78, 5) is 14.5. The predicted octanol–water partition coefficient (Wildman–Crippen LogP) is 2.69. The van der Waals surface area contributed by atoms with Crippen molar-refractivity contribution in [2.75, 3.05) is 26.2 Å². The molecule has 1 aromatic rings. The van der Waals surface area contributed by atoms with Crippen molar-refractivity contribution in [2.45, 2.75) is 39.2 Å². The third kappa shape index (κ3) is 5.34. The Morgan fingerprint density at radius 2 is 1.86 bits per heavy atom. The highest BCUT2D eigenvalue weighted by Gasteiger charge is 2.23. The summed E-state index contributed by atoms with van der Waals surface area (Å²) >= 11 is 0. The molecule has 1 aliphatic heterocycles. The van der Waals surface area contributed by atoms with Gasteiger partial charge in [0.05, 0.1) is 0 Å². The number of hydrogen-bond acceptors (Lipinski definition) is 3. The number of nitrogens with zero attached hydrogens (tertiary/aromatic N) is 1. The molecule has 0 spiro atoms. The Hall–Kier alpha value is -1.55. The van der Waals surface area contributed by atoms with Crippen molar-refractivity contribution in [3.05, 3.63) is 30.3 Å². The maximum absolute atomic E-state index is 12.0. The Morgan fingerprint density at radius 1 is 1.18 bits per heavy atom. The van der Waals surface area contributed by atoms with Gasteiger partial charge in [0.15, 0.2) is 6.61 Å². The monoisotopic (exact) mass is 304 g/mol. The summed E-state index contributed by atoms with van der Waals surface area (Å²) in [6, 6.07) is 9.87. The van der Waals surface area contributed by atoms with E-state index in [1.807, 2.05) is 30.3 Å². The fourth-order valence-corrected chi connectivity index (χ4v) is 2.97. The molecule has 0 radical (unpaired) electrons. The summed E-state index contributed by atoms with van der Waals surface area (Å²) in [5.74, 6) is 1.22. The number of carbonyl (C=O) groups is 1. The molecule has 1 saturated heterocycles. The van der Waals surface area contributed by atoms with Crippen molar-refractivity contribution < 1.29 is 9.53 Å². The minimum absolute atomic E-state index is 0.0495. The topological polar surface area (TPSA) is 41.6 Å². The first kappa shape index (κ1) is 16.8. The van der Waals surface area contributed by atoms with Crippen LogP contribution in [0.1, 0.15) is 33.1 Å². The third-order valence-electron chi connectivity index (χ3n) is 4.25. The van der Waals surface area contributed by atoms with Gasteiger partial charge in [0.2, 0.25) is 0 Å². The molecule has 1 aliphatic rings. The minimum Gasteiger partial charge on any atom is -0.484 e. The number of rotatable bonds is 7. The van der Waals surface area contributed by atoms with Gasteiger partial charge in [-0.15, -0.1) is 0 Å². The van der Waals surface area contributed by atoms with Gasteiger partial charge in [-0.2, -0.15) is 0 Å².